The Morgan fingerprint density at radius 1 is 1.32 bits per heavy atom. The van der Waals surface area contributed by atoms with Crippen LogP contribution in [0.15, 0.2) is 34.8 Å². The summed E-state index contributed by atoms with van der Waals surface area (Å²) in [5.74, 6) is -0.0904. The lowest BCUT2D eigenvalue weighted by Crippen LogP contribution is -2.33. The maximum atomic E-state index is 12.6. The highest BCUT2D eigenvalue weighted by molar-refractivity contribution is 7.13. The molecule has 6 heteroatoms. The summed E-state index contributed by atoms with van der Waals surface area (Å²) in [6.45, 7) is 4.53. The largest absolute Gasteiger partial charge is 0.392 e. The Hall–Kier alpha value is -1.89. The zero-order valence-electron chi connectivity index (χ0n) is 14.3. The number of carbonyl (C=O) groups excluding carboxylic acids is 1. The van der Waals surface area contributed by atoms with Gasteiger partial charge in [-0.05, 0) is 31.4 Å². The van der Waals surface area contributed by atoms with Crippen molar-refractivity contribution < 1.29 is 9.90 Å². The van der Waals surface area contributed by atoms with Gasteiger partial charge in [-0.1, -0.05) is 24.3 Å². The number of amides is 1. The van der Waals surface area contributed by atoms with Crippen LogP contribution in [0.1, 0.15) is 31.0 Å². The monoisotopic (exact) mass is 355 g/mol. The topological polar surface area (TPSA) is 74.6 Å². The van der Waals surface area contributed by atoms with E-state index in [1.165, 1.54) is 0 Å². The summed E-state index contributed by atoms with van der Waals surface area (Å²) in [6.07, 6.45) is 0.887. The fourth-order valence-electron chi connectivity index (χ4n) is 3.70. The molecule has 1 amide bonds. The quantitative estimate of drug-likeness (QED) is 0.887. The Morgan fingerprint density at radius 3 is 2.68 bits per heavy atom. The minimum Gasteiger partial charge on any atom is -0.392 e. The van der Waals surface area contributed by atoms with Crippen molar-refractivity contribution in [2.45, 2.75) is 44.2 Å². The molecule has 1 aromatic carbocycles. The Bertz CT molecular complexity index is 843. The molecule has 5 nitrogen and oxygen atoms in total. The molecule has 0 radical (unpaired) electrons. The minimum atomic E-state index is -0.619. The Morgan fingerprint density at radius 2 is 2.08 bits per heavy atom. The number of aliphatic hydroxyl groups is 1. The van der Waals surface area contributed by atoms with Gasteiger partial charge in [0.2, 0.25) is 0 Å². The molecule has 2 aliphatic rings. The number of aromatic nitrogens is 1. The van der Waals surface area contributed by atoms with Crippen LogP contribution < -0.4 is 5.32 Å². The number of hydrogen-bond acceptors (Lipinski definition) is 5. The predicted octanol–water partition coefficient (Wildman–Crippen LogP) is 2.47. The SMILES string of the molecule is Cc1ncsc1-c1ccc([C@@]2(C)CC(C3C[C@@H](O)CN3)=NC2=O)cc1. The van der Waals surface area contributed by atoms with E-state index in [9.17, 15) is 9.90 Å². The van der Waals surface area contributed by atoms with E-state index < -0.39 is 5.41 Å². The fraction of sp³-hybridized carbons (Fsp3) is 0.421. The summed E-state index contributed by atoms with van der Waals surface area (Å²) in [4.78, 5) is 22.4. The van der Waals surface area contributed by atoms with Crippen LogP contribution in [0.4, 0.5) is 0 Å². The van der Waals surface area contributed by atoms with Gasteiger partial charge in [0.25, 0.3) is 5.91 Å². The van der Waals surface area contributed by atoms with E-state index in [-0.39, 0.29) is 18.1 Å². The molecule has 3 atom stereocenters. The van der Waals surface area contributed by atoms with Crippen molar-refractivity contribution in [3.63, 3.8) is 0 Å². The van der Waals surface area contributed by atoms with Gasteiger partial charge in [-0.25, -0.2) is 9.98 Å². The number of nitrogens with zero attached hydrogens (tertiary/aromatic N) is 2. The van der Waals surface area contributed by atoms with Crippen LogP contribution in [0.3, 0.4) is 0 Å². The molecular weight excluding hydrogens is 334 g/mol. The minimum absolute atomic E-state index is 0.0138. The average Bonchev–Trinajstić information content (AvgIpc) is 3.29. The van der Waals surface area contributed by atoms with E-state index in [0.717, 1.165) is 27.4 Å². The Kier molecular flexibility index (Phi) is 4.06. The third-order valence-electron chi connectivity index (χ3n) is 5.29. The van der Waals surface area contributed by atoms with E-state index in [4.69, 9.17) is 0 Å². The highest BCUT2D eigenvalue weighted by Gasteiger charge is 2.44. The molecule has 130 valence electrons. The highest BCUT2D eigenvalue weighted by Crippen LogP contribution is 2.37. The molecule has 2 aromatic rings. The second-order valence-corrected chi connectivity index (χ2v) is 7.97. The second kappa shape index (κ2) is 6.12. The fourth-order valence-corrected chi connectivity index (χ4v) is 4.51. The molecule has 1 unspecified atom stereocenters. The second-order valence-electron chi connectivity index (χ2n) is 7.11. The summed E-state index contributed by atoms with van der Waals surface area (Å²) in [7, 11) is 0. The van der Waals surface area contributed by atoms with Crippen molar-refractivity contribution in [3.8, 4) is 10.4 Å². The first kappa shape index (κ1) is 16.6. The van der Waals surface area contributed by atoms with Crippen molar-refractivity contribution in [1.82, 2.24) is 10.3 Å². The lowest BCUT2D eigenvalue weighted by atomic mass is 9.78. The van der Waals surface area contributed by atoms with Crippen LogP contribution in [0.2, 0.25) is 0 Å². The molecule has 1 fully saturated rings. The van der Waals surface area contributed by atoms with Gasteiger partial charge in [0.05, 0.1) is 27.6 Å². The van der Waals surface area contributed by atoms with Crippen molar-refractivity contribution in [2.75, 3.05) is 6.54 Å². The van der Waals surface area contributed by atoms with Crippen LogP contribution in [-0.2, 0) is 10.2 Å². The van der Waals surface area contributed by atoms with E-state index in [1.54, 1.807) is 11.3 Å². The molecule has 3 heterocycles. The number of aliphatic hydroxyl groups excluding tert-OH is 1. The van der Waals surface area contributed by atoms with Gasteiger partial charge >= 0.3 is 0 Å². The number of rotatable bonds is 3. The molecule has 4 rings (SSSR count). The number of hydrogen-bond donors (Lipinski definition) is 2. The van der Waals surface area contributed by atoms with Crippen LogP contribution in [0, 0.1) is 6.92 Å². The summed E-state index contributed by atoms with van der Waals surface area (Å²) < 4.78 is 0. The Balaban J connectivity index is 1.57. The number of thiazole rings is 1. The van der Waals surface area contributed by atoms with Crippen molar-refractivity contribution >= 4 is 23.0 Å². The van der Waals surface area contributed by atoms with Gasteiger partial charge < -0.3 is 10.4 Å². The number of carbonyl (C=O) groups is 1. The summed E-state index contributed by atoms with van der Waals surface area (Å²) in [5, 5.41) is 13.0. The lowest BCUT2D eigenvalue weighted by molar-refractivity contribution is -0.121. The normalized spacial score (nSPS) is 29.2. The first-order valence-corrected chi connectivity index (χ1v) is 9.39. The summed E-state index contributed by atoms with van der Waals surface area (Å²) in [6, 6.07) is 8.19. The number of aliphatic imine (C=N–C) groups is 1. The van der Waals surface area contributed by atoms with E-state index in [1.807, 2.05) is 31.5 Å². The van der Waals surface area contributed by atoms with Crippen LogP contribution >= 0.6 is 11.3 Å². The first-order chi connectivity index (χ1) is 12.0. The number of nitrogens with one attached hydrogen (secondary N) is 1. The van der Waals surface area contributed by atoms with Crippen molar-refractivity contribution in [2.24, 2.45) is 4.99 Å². The molecule has 1 saturated heterocycles. The summed E-state index contributed by atoms with van der Waals surface area (Å²) >= 11 is 1.63. The van der Waals surface area contributed by atoms with Crippen LogP contribution in [0.25, 0.3) is 10.4 Å². The standard InChI is InChI=1S/C19H21N3O2S/c1-11-17(25-10-21-11)12-3-5-13(6-4-12)19(2)8-16(22-18(19)24)15-7-14(23)9-20-15/h3-6,10,14-15,20,23H,7-9H2,1-2H3/t14-,15?,19-/m1/s1. The predicted molar refractivity (Wildman–Crippen MR) is 99.1 cm³/mol. The van der Waals surface area contributed by atoms with Crippen LogP contribution in [0.5, 0.6) is 0 Å². The van der Waals surface area contributed by atoms with Gasteiger partial charge in [-0.3, -0.25) is 4.79 Å². The number of β-amino-alcohol motifs (C(OH)–C–C–N with tert-alkyl or cyclic N) is 1. The van der Waals surface area contributed by atoms with Crippen molar-refractivity contribution in [3.05, 3.63) is 41.0 Å². The van der Waals surface area contributed by atoms with Gasteiger partial charge in [-0.15, -0.1) is 11.3 Å². The Labute approximate surface area is 150 Å². The van der Waals surface area contributed by atoms with E-state index in [2.05, 4.69) is 27.4 Å². The molecule has 2 N–H and O–H groups in total. The molecule has 1 aromatic heterocycles. The molecule has 0 bridgehead atoms. The first-order valence-electron chi connectivity index (χ1n) is 8.52. The van der Waals surface area contributed by atoms with Crippen molar-refractivity contribution in [1.29, 1.82) is 0 Å². The smallest absolute Gasteiger partial charge is 0.256 e. The molecule has 2 aliphatic heterocycles. The zero-order chi connectivity index (χ0) is 17.6. The molecule has 0 spiro atoms. The third kappa shape index (κ3) is 2.84. The van der Waals surface area contributed by atoms with Gasteiger partial charge in [-0.2, -0.15) is 0 Å². The maximum absolute atomic E-state index is 12.6. The molecule has 0 aliphatic carbocycles. The summed E-state index contributed by atoms with van der Waals surface area (Å²) in [5.41, 5.74) is 5.24. The van der Waals surface area contributed by atoms with E-state index in [0.29, 0.717) is 19.4 Å². The molecular formula is C19H21N3O2S. The van der Waals surface area contributed by atoms with Crippen LogP contribution in [-0.4, -0.2) is 40.4 Å². The maximum Gasteiger partial charge on any atom is 0.256 e. The molecule has 0 saturated carbocycles. The highest BCUT2D eigenvalue weighted by atomic mass is 32.1. The lowest BCUT2D eigenvalue weighted by Gasteiger charge is -2.22. The van der Waals surface area contributed by atoms with Gasteiger partial charge in [0, 0.05) is 24.7 Å². The van der Waals surface area contributed by atoms with E-state index >= 15 is 0 Å². The van der Waals surface area contributed by atoms with Gasteiger partial charge in [0.15, 0.2) is 0 Å². The number of aryl methyl sites for hydroxylation is 1. The zero-order valence-corrected chi connectivity index (χ0v) is 15.1. The third-order valence-corrected chi connectivity index (χ3v) is 6.27. The molecule has 25 heavy (non-hydrogen) atoms. The average molecular weight is 355 g/mol. The number of benzene rings is 1. The van der Waals surface area contributed by atoms with Gasteiger partial charge in [0.1, 0.15) is 0 Å².